The zero-order valence-electron chi connectivity index (χ0n) is 15.4. The molecule has 1 N–H and O–H groups in total. The van der Waals surface area contributed by atoms with E-state index in [1.54, 1.807) is 14.0 Å². The van der Waals surface area contributed by atoms with Crippen LogP contribution in [0.3, 0.4) is 0 Å². The summed E-state index contributed by atoms with van der Waals surface area (Å²) in [6.07, 6.45) is 1.45. The maximum Gasteiger partial charge on any atom is 0.236 e. The normalized spacial score (nSPS) is 10.8. The highest BCUT2D eigenvalue weighted by atomic mass is 35.5. The summed E-state index contributed by atoms with van der Waals surface area (Å²) in [6.45, 7) is 1.76. The van der Waals surface area contributed by atoms with Crippen LogP contribution in [0.15, 0.2) is 35.6 Å². The van der Waals surface area contributed by atoms with E-state index in [4.69, 9.17) is 27.9 Å². The minimum absolute atomic E-state index is 0.133. The standard InChI is InChI=1S/C18H17Cl2N5O2S/c1-10-13(19)8-21-16(15(10)20)22-14(26)9-28-18-24-23-17(25(18)2)11-4-6-12(27-3)7-5-11/h4-8H,9H2,1-3H3,(H,21,22,26). The topological polar surface area (TPSA) is 81.9 Å². The number of aromatic nitrogens is 4. The third-order valence-electron chi connectivity index (χ3n) is 3.98. The van der Waals surface area contributed by atoms with Gasteiger partial charge in [0.2, 0.25) is 5.91 Å². The van der Waals surface area contributed by atoms with Gasteiger partial charge >= 0.3 is 0 Å². The van der Waals surface area contributed by atoms with Crippen molar-refractivity contribution in [3.8, 4) is 17.1 Å². The third-order valence-corrected chi connectivity index (χ3v) is 5.84. The van der Waals surface area contributed by atoms with Crippen LogP contribution in [0.2, 0.25) is 10.0 Å². The smallest absolute Gasteiger partial charge is 0.236 e. The van der Waals surface area contributed by atoms with Crippen molar-refractivity contribution in [1.29, 1.82) is 0 Å². The molecule has 0 aliphatic heterocycles. The Morgan fingerprint density at radius 3 is 2.64 bits per heavy atom. The third kappa shape index (κ3) is 4.40. The minimum Gasteiger partial charge on any atom is -0.497 e. The molecule has 2 heterocycles. The molecule has 0 atom stereocenters. The molecule has 7 nitrogen and oxygen atoms in total. The van der Waals surface area contributed by atoms with Crippen LogP contribution in [0.5, 0.6) is 5.75 Å². The fourth-order valence-corrected chi connectivity index (χ4v) is 3.48. The van der Waals surface area contributed by atoms with Crippen molar-refractivity contribution in [3.05, 3.63) is 46.1 Å². The number of pyridine rings is 1. The number of anilines is 1. The number of ether oxygens (including phenoxy) is 1. The highest BCUT2D eigenvalue weighted by Crippen LogP contribution is 2.29. The van der Waals surface area contributed by atoms with Crippen molar-refractivity contribution in [1.82, 2.24) is 19.7 Å². The van der Waals surface area contributed by atoms with Gasteiger partial charge in [0.05, 0.1) is 22.9 Å². The molecule has 2 aromatic heterocycles. The second kappa shape index (κ2) is 8.81. The van der Waals surface area contributed by atoms with Gasteiger partial charge in [0.1, 0.15) is 5.75 Å². The van der Waals surface area contributed by atoms with Crippen molar-refractivity contribution in [2.45, 2.75) is 12.1 Å². The van der Waals surface area contributed by atoms with Gasteiger partial charge in [-0.25, -0.2) is 4.98 Å². The van der Waals surface area contributed by atoms with Crippen molar-refractivity contribution in [2.24, 2.45) is 7.05 Å². The molecule has 28 heavy (non-hydrogen) atoms. The molecule has 146 valence electrons. The van der Waals surface area contributed by atoms with Gasteiger partial charge in [-0.2, -0.15) is 0 Å². The number of hydrogen-bond acceptors (Lipinski definition) is 6. The van der Waals surface area contributed by atoms with Gasteiger partial charge in [0, 0.05) is 18.8 Å². The number of thioether (sulfide) groups is 1. The number of methoxy groups -OCH3 is 1. The van der Waals surface area contributed by atoms with Crippen molar-refractivity contribution in [3.63, 3.8) is 0 Å². The number of carbonyl (C=O) groups is 1. The van der Waals surface area contributed by atoms with E-state index in [1.165, 1.54) is 18.0 Å². The lowest BCUT2D eigenvalue weighted by Gasteiger charge is -2.09. The molecule has 1 amide bonds. The van der Waals surface area contributed by atoms with E-state index in [9.17, 15) is 4.79 Å². The highest BCUT2D eigenvalue weighted by Gasteiger charge is 2.15. The summed E-state index contributed by atoms with van der Waals surface area (Å²) >= 11 is 13.4. The molecule has 0 radical (unpaired) electrons. The van der Waals surface area contributed by atoms with Gasteiger partial charge < -0.3 is 14.6 Å². The number of hydrogen-bond donors (Lipinski definition) is 1. The lowest BCUT2D eigenvalue weighted by Crippen LogP contribution is -2.16. The lowest BCUT2D eigenvalue weighted by atomic mass is 10.2. The molecule has 1 aromatic carbocycles. The number of benzene rings is 1. The summed E-state index contributed by atoms with van der Waals surface area (Å²) in [7, 11) is 3.46. The molecule has 0 saturated carbocycles. The van der Waals surface area contributed by atoms with Crippen LogP contribution in [-0.4, -0.2) is 38.5 Å². The molecule has 10 heteroatoms. The monoisotopic (exact) mass is 437 g/mol. The van der Waals surface area contributed by atoms with Gasteiger partial charge in [0.25, 0.3) is 0 Å². The second-order valence-corrected chi connectivity index (χ2v) is 7.55. The predicted molar refractivity (Wildman–Crippen MR) is 111 cm³/mol. The Kier molecular flexibility index (Phi) is 6.43. The van der Waals surface area contributed by atoms with Crippen LogP contribution in [0.4, 0.5) is 5.82 Å². The van der Waals surface area contributed by atoms with Crippen molar-refractivity contribution >= 4 is 46.7 Å². The second-order valence-electron chi connectivity index (χ2n) is 5.82. The minimum atomic E-state index is -0.255. The highest BCUT2D eigenvalue weighted by molar-refractivity contribution is 7.99. The van der Waals surface area contributed by atoms with Gasteiger partial charge in [-0.15, -0.1) is 10.2 Å². The van der Waals surface area contributed by atoms with E-state index in [2.05, 4.69) is 20.5 Å². The largest absolute Gasteiger partial charge is 0.497 e. The molecule has 0 bridgehead atoms. The number of nitrogens with one attached hydrogen (secondary N) is 1. The fourth-order valence-electron chi connectivity index (χ4n) is 2.37. The van der Waals surface area contributed by atoms with Crippen molar-refractivity contribution < 1.29 is 9.53 Å². The van der Waals surface area contributed by atoms with E-state index < -0.39 is 0 Å². The summed E-state index contributed by atoms with van der Waals surface area (Å²) in [5.41, 5.74) is 1.57. The molecule has 0 spiro atoms. The maximum atomic E-state index is 12.3. The van der Waals surface area contributed by atoms with Gasteiger partial charge in [-0.1, -0.05) is 35.0 Å². The SMILES string of the molecule is COc1ccc(-c2nnc(SCC(=O)Nc3ncc(Cl)c(C)c3Cl)n2C)cc1. The van der Waals surface area contributed by atoms with Crippen LogP contribution >= 0.6 is 35.0 Å². The molecule has 3 rings (SSSR count). The summed E-state index contributed by atoms with van der Waals surface area (Å²) < 4.78 is 6.99. The summed E-state index contributed by atoms with van der Waals surface area (Å²) in [5.74, 6) is 1.63. The zero-order chi connectivity index (χ0) is 20.3. The Morgan fingerprint density at radius 1 is 1.25 bits per heavy atom. The molecule has 0 saturated heterocycles. The Morgan fingerprint density at radius 2 is 1.96 bits per heavy atom. The van der Waals surface area contributed by atoms with Crippen LogP contribution in [0.1, 0.15) is 5.56 Å². The summed E-state index contributed by atoms with van der Waals surface area (Å²) in [4.78, 5) is 16.3. The van der Waals surface area contributed by atoms with Crippen LogP contribution in [0, 0.1) is 6.92 Å². The number of carbonyl (C=O) groups excluding carboxylic acids is 1. The molecular formula is C18H17Cl2N5O2S. The molecular weight excluding hydrogens is 421 g/mol. The maximum absolute atomic E-state index is 12.3. The number of halogens is 2. The number of rotatable bonds is 6. The molecule has 0 unspecified atom stereocenters. The predicted octanol–water partition coefficient (Wildman–Crippen LogP) is 4.23. The first-order valence-electron chi connectivity index (χ1n) is 8.17. The number of amides is 1. The van der Waals surface area contributed by atoms with Crippen LogP contribution in [-0.2, 0) is 11.8 Å². The Labute approximate surface area is 176 Å². The summed E-state index contributed by atoms with van der Waals surface area (Å²) in [5, 5.41) is 12.4. The first-order chi connectivity index (χ1) is 13.4. The average Bonchev–Trinajstić information content (AvgIpc) is 3.07. The van der Waals surface area contributed by atoms with Gasteiger partial charge in [-0.05, 0) is 36.8 Å². The van der Waals surface area contributed by atoms with E-state index in [-0.39, 0.29) is 17.5 Å². The quantitative estimate of drug-likeness (QED) is 0.580. The molecule has 3 aromatic rings. The fraction of sp³-hybridized carbons (Fsp3) is 0.222. The Balaban J connectivity index is 1.65. The summed E-state index contributed by atoms with van der Waals surface area (Å²) in [6, 6.07) is 7.52. The first-order valence-corrected chi connectivity index (χ1v) is 9.92. The molecule has 0 aliphatic rings. The number of nitrogens with zero attached hydrogens (tertiary/aromatic N) is 4. The average molecular weight is 438 g/mol. The Hall–Kier alpha value is -2.29. The molecule has 0 fully saturated rings. The van der Waals surface area contributed by atoms with Gasteiger partial charge in [-0.3, -0.25) is 4.79 Å². The Bertz CT molecular complexity index is 1010. The first kappa shape index (κ1) is 20.4. The zero-order valence-corrected chi connectivity index (χ0v) is 17.7. The van der Waals surface area contributed by atoms with Crippen molar-refractivity contribution in [2.75, 3.05) is 18.2 Å². The van der Waals surface area contributed by atoms with Crippen LogP contribution in [0.25, 0.3) is 11.4 Å². The van der Waals surface area contributed by atoms with Gasteiger partial charge in [0.15, 0.2) is 16.8 Å². The van der Waals surface area contributed by atoms with E-state index in [0.717, 1.165) is 11.3 Å². The van der Waals surface area contributed by atoms with E-state index >= 15 is 0 Å². The van der Waals surface area contributed by atoms with E-state index in [1.807, 2.05) is 35.9 Å². The van der Waals surface area contributed by atoms with E-state index in [0.29, 0.717) is 26.6 Å². The molecule has 0 aliphatic carbocycles. The lowest BCUT2D eigenvalue weighted by molar-refractivity contribution is -0.113. The van der Waals surface area contributed by atoms with Crippen LogP contribution < -0.4 is 10.1 Å².